The van der Waals surface area contributed by atoms with E-state index in [2.05, 4.69) is 20.8 Å². The Morgan fingerprint density at radius 2 is 2.10 bits per heavy atom. The topological polar surface area (TPSA) is 99.4 Å². The molecule has 0 saturated carbocycles. The predicted octanol–water partition coefficient (Wildman–Crippen LogP) is 1.63. The third-order valence-electron chi connectivity index (χ3n) is 6.34. The number of aryl methyl sites for hydroxylation is 1. The highest BCUT2D eigenvalue weighted by Gasteiger charge is 2.41. The van der Waals surface area contributed by atoms with Crippen molar-refractivity contribution in [3.05, 3.63) is 47.3 Å². The first-order valence-electron chi connectivity index (χ1n) is 10.2. The largest absolute Gasteiger partial charge is 0.484 e. The quantitative estimate of drug-likeness (QED) is 0.683. The number of nitrogens with zero attached hydrogens (tertiary/aromatic N) is 2. The fraction of sp³-hybridized carbons (Fsp3) is 0.476. The SMILES string of the molecule is O=C1NCC2(CCN(C(=O)NC3CCc4cn[nH]c4C3)CC2)Oc2ccccc21. The van der Waals surface area contributed by atoms with E-state index < -0.39 is 5.60 Å². The number of fused-ring (bicyclic) bond motifs is 2. The van der Waals surface area contributed by atoms with Crippen LogP contribution >= 0.6 is 0 Å². The summed E-state index contributed by atoms with van der Waals surface area (Å²) in [6, 6.07) is 7.44. The molecule has 8 heteroatoms. The lowest BCUT2D eigenvalue weighted by Crippen LogP contribution is -2.56. The molecule has 1 aromatic carbocycles. The van der Waals surface area contributed by atoms with E-state index in [-0.39, 0.29) is 18.0 Å². The van der Waals surface area contributed by atoms with Gasteiger partial charge in [0.15, 0.2) is 0 Å². The fourth-order valence-corrected chi connectivity index (χ4v) is 4.54. The molecule has 1 spiro atoms. The third kappa shape index (κ3) is 3.43. The Morgan fingerprint density at radius 1 is 1.28 bits per heavy atom. The average Bonchev–Trinajstić information content (AvgIpc) is 3.16. The second-order valence-corrected chi connectivity index (χ2v) is 8.21. The summed E-state index contributed by atoms with van der Waals surface area (Å²) in [5.41, 5.74) is 2.48. The highest BCUT2D eigenvalue weighted by Crippen LogP contribution is 2.33. The second-order valence-electron chi connectivity index (χ2n) is 8.21. The van der Waals surface area contributed by atoms with Crippen LogP contribution in [-0.4, -0.2) is 58.3 Å². The number of aromatic amines is 1. The van der Waals surface area contributed by atoms with Crippen molar-refractivity contribution in [3.63, 3.8) is 0 Å². The molecule has 8 nitrogen and oxygen atoms in total. The molecule has 3 N–H and O–H groups in total. The minimum Gasteiger partial charge on any atom is -0.484 e. The number of urea groups is 1. The molecule has 1 aliphatic carbocycles. The number of nitrogens with one attached hydrogen (secondary N) is 3. The van der Waals surface area contributed by atoms with Crippen LogP contribution < -0.4 is 15.4 Å². The summed E-state index contributed by atoms with van der Waals surface area (Å²) in [7, 11) is 0. The van der Waals surface area contributed by atoms with Gasteiger partial charge in [-0.1, -0.05) is 12.1 Å². The van der Waals surface area contributed by atoms with Crippen molar-refractivity contribution in [1.29, 1.82) is 0 Å². The maximum atomic E-state index is 12.8. The van der Waals surface area contributed by atoms with Crippen molar-refractivity contribution >= 4 is 11.9 Å². The average molecular weight is 395 g/mol. The van der Waals surface area contributed by atoms with Crippen molar-refractivity contribution in [2.75, 3.05) is 19.6 Å². The normalized spacial score (nSPS) is 22.7. The van der Waals surface area contributed by atoms with Crippen LogP contribution in [0, 0.1) is 0 Å². The van der Waals surface area contributed by atoms with Gasteiger partial charge in [0, 0.05) is 44.1 Å². The van der Waals surface area contributed by atoms with Gasteiger partial charge in [-0.3, -0.25) is 9.89 Å². The van der Waals surface area contributed by atoms with E-state index in [1.54, 1.807) is 6.07 Å². The Kier molecular flexibility index (Phi) is 4.41. The van der Waals surface area contributed by atoms with Crippen molar-refractivity contribution in [2.45, 2.75) is 43.7 Å². The molecule has 1 fully saturated rings. The molecule has 3 heterocycles. The lowest BCUT2D eigenvalue weighted by atomic mass is 9.91. The van der Waals surface area contributed by atoms with Crippen LogP contribution in [0.15, 0.2) is 30.5 Å². The maximum Gasteiger partial charge on any atom is 0.317 e. The minimum absolute atomic E-state index is 0.0223. The van der Waals surface area contributed by atoms with Crippen molar-refractivity contribution < 1.29 is 14.3 Å². The van der Waals surface area contributed by atoms with Crippen LogP contribution in [0.5, 0.6) is 5.75 Å². The summed E-state index contributed by atoms with van der Waals surface area (Å²) in [4.78, 5) is 27.0. The number of likely N-dealkylation sites (tertiary alicyclic amines) is 1. The molecule has 0 radical (unpaired) electrons. The molecule has 152 valence electrons. The summed E-state index contributed by atoms with van der Waals surface area (Å²) in [6.45, 7) is 1.67. The highest BCUT2D eigenvalue weighted by molar-refractivity contribution is 5.97. The molecular weight excluding hydrogens is 370 g/mol. The van der Waals surface area contributed by atoms with Crippen LogP contribution in [0.25, 0.3) is 0 Å². The van der Waals surface area contributed by atoms with E-state index in [0.29, 0.717) is 43.8 Å². The van der Waals surface area contributed by atoms with Gasteiger partial charge >= 0.3 is 6.03 Å². The minimum atomic E-state index is -0.464. The van der Waals surface area contributed by atoms with Gasteiger partial charge in [-0.25, -0.2) is 4.79 Å². The molecule has 2 aliphatic heterocycles. The smallest absolute Gasteiger partial charge is 0.317 e. The number of benzene rings is 1. The van der Waals surface area contributed by atoms with E-state index in [1.165, 1.54) is 5.56 Å². The zero-order valence-corrected chi connectivity index (χ0v) is 16.2. The molecule has 1 atom stereocenters. The van der Waals surface area contributed by atoms with E-state index >= 15 is 0 Å². The highest BCUT2D eigenvalue weighted by atomic mass is 16.5. The monoisotopic (exact) mass is 395 g/mol. The fourth-order valence-electron chi connectivity index (χ4n) is 4.54. The van der Waals surface area contributed by atoms with E-state index in [0.717, 1.165) is 25.0 Å². The summed E-state index contributed by atoms with van der Waals surface area (Å²) in [5.74, 6) is 0.520. The van der Waals surface area contributed by atoms with E-state index in [4.69, 9.17) is 4.74 Å². The van der Waals surface area contributed by atoms with Gasteiger partial charge in [-0.15, -0.1) is 0 Å². The van der Waals surface area contributed by atoms with Crippen molar-refractivity contribution in [1.82, 2.24) is 25.7 Å². The molecule has 1 aromatic heterocycles. The summed E-state index contributed by atoms with van der Waals surface area (Å²) in [5, 5.41) is 13.3. The number of hydrogen-bond acceptors (Lipinski definition) is 4. The second kappa shape index (κ2) is 7.09. The van der Waals surface area contributed by atoms with Crippen LogP contribution in [0.3, 0.4) is 0 Å². The number of carbonyl (C=O) groups is 2. The number of H-pyrrole nitrogens is 1. The molecule has 2 aromatic rings. The van der Waals surface area contributed by atoms with Crippen LogP contribution in [0.4, 0.5) is 4.79 Å². The standard InChI is InChI=1S/C21H25N5O3/c27-19-16-3-1-2-4-18(16)29-21(13-22-19)7-9-26(10-8-21)20(28)24-15-6-5-14-12-23-25-17(14)11-15/h1-4,12,15H,5-11,13H2,(H,22,27)(H,23,25)(H,24,28). The lowest BCUT2D eigenvalue weighted by Gasteiger charge is -2.41. The number of hydrogen-bond donors (Lipinski definition) is 3. The zero-order chi connectivity index (χ0) is 19.8. The van der Waals surface area contributed by atoms with Gasteiger partial charge in [-0.05, 0) is 30.5 Å². The Morgan fingerprint density at radius 3 is 2.97 bits per heavy atom. The molecule has 29 heavy (non-hydrogen) atoms. The first-order chi connectivity index (χ1) is 14.1. The number of carbonyl (C=O) groups excluding carboxylic acids is 2. The van der Waals surface area contributed by atoms with Gasteiger partial charge in [-0.2, -0.15) is 5.10 Å². The Labute approximate surface area is 169 Å². The number of piperidine rings is 1. The first kappa shape index (κ1) is 18.0. The Hall–Kier alpha value is -3.03. The number of rotatable bonds is 1. The van der Waals surface area contributed by atoms with Gasteiger partial charge in [0.05, 0.1) is 18.3 Å². The Bertz CT molecular complexity index is 932. The van der Waals surface area contributed by atoms with Crippen LogP contribution in [0.1, 0.15) is 40.9 Å². The van der Waals surface area contributed by atoms with Gasteiger partial charge < -0.3 is 20.3 Å². The maximum absolute atomic E-state index is 12.8. The molecule has 0 bridgehead atoms. The molecule has 1 unspecified atom stereocenters. The zero-order valence-electron chi connectivity index (χ0n) is 16.2. The first-order valence-corrected chi connectivity index (χ1v) is 10.2. The van der Waals surface area contributed by atoms with E-state index in [1.807, 2.05) is 29.3 Å². The van der Waals surface area contributed by atoms with Gasteiger partial charge in [0.1, 0.15) is 11.4 Å². The number of para-hydroxylation sites is 1. The predicted molar refractivity (Wildman–Crippen MR) is 106 cm³/mol. The number of ether oxygens (including phenoxy) is 1. The molecule has 3 amide bonds. The lowest BCUT2D eigenvalue weighted by molar-refractivity contribution is 0.0155. The molecule has 1 saturated heterocycles. The summed E-state index contributed by atoms with van der Waals surface area (Å²) in [6.07, 6.45) is 5.91. The molecule has 5 rings (SSSR count). The van der Waals surface area contributed by atoms with Gasteiger partial charge in [0.2, 0.25) is 0 Å². The molecule has 3 aliphatic rings. The van der Waals surface area contributed by atoms with Crippen LogP contribution in [-0.2, 0) is 12.8 Å². The van der Waals surface area contributed by atoms with Gasteiger partial charge in [0.25, 0.3) is 5.91 Å². The molecular formula is C21H25N5O3. The Balaban J connectivity index is 1.20. The number of aromatic nitrogens is 2. The van der Waals surface area contributed by atoms with Crippen molar-refractivity contribution in [3.8, 4) is 5.75 Å². The third-order valence-corrected chi connectivity index (χ3v) is 6.34. The summed E-state index contributed by atoms with van der Waals surface area (Å²) >= 11 is 0. The summed E-state index contributed by atoms with van der Waals surface area (Å²) < 4.78 is 6.31. The van der Waals surface area contributed by atoms with Crippen molar-refractivity contribution in [2.24, 2.45) is 0 Å². The van der Waals surface area contributed by atoms with E-state index in [9.17, 15) is 9.59 Å². The number of amides is 3. The van der Waals surface area contributed by atoms with Crippen LogP contribution in [0.2, 0.25) is 0 Å².